The molecule has 0 aliphatic heterocycles. The number of hydrogen-bond acceptors (Lipinski definition) is 0. The van der Waals surface area contributed by atoms with Gasteiger partial charge < -0.3 is 27.4 Å². The van der Waals surface area contributed by atoms with Crippen molar-refractivity contribution in [2.45, 2.75) is 123 Å². The van der Waals surface area contributed by atoms with Gasteiger partial charge in [-0.1, -0.05) is 141 Å². The Morgan fingerprint density at radius 2 is 1.00 bits per heavy atom. The molecule has 1 nitrogen and oxygen atoms in total. The van der Waals surface area contributed by atoms with E-state index in [9.17, 15) is 5.16 Å². The zero-order chi connectivity index (χ0) is 29.0. The van der Waals surface area contributed by atoms with Crippen LogP contribution in [0.3, 0.4) is 0 Å². The van der Waals surface area contributed by atoms with Crippen molar-refractivity contribution in [3.05, 3.63) is 105 Å². The van der Waals surface area contributed by atoms with Crippen LogP contribution in [0.15, 0.2) is 71.9 Å². The maximum atomic E-state index is 13.4. The van der Waals surface area contributed by atoms with Gasteiger partial charge in [-0.15, -0.1) is 0 Å². The van der Waals surface area contributed by atoms with E-state index in [1.165, 1.54) is 86.2 Å². The maximum Gasteiger partial charge on any atom is 4.00 e. The van der Waals surface area contributed by atoms with Crippen molar-refractivity contribution in [3.63, 3.8) is 0 Å². The molecule has 246 valence electrons. The molecule has 3 saturated carbocycles. The van der Waals surface area contributed by atoms with Crippen molar-refractivity contribution in [1.82, 2.24) is 0 Å². The molecule has 5 aliphatic carbocycles. The van der Waals surface area contributed by atoms with Crippen LogP contribution in [0, 0.1) is 56.8 Å². The number of rotatable bonds is 4. The zero-order valence-electron chi connectivity index (χ0n) is 30.3. The molecule has 3 fully saturated rings. The van der Waals surface area contributed by atoms with Crippen LogP contribution in [-0.4, -0.2) is 11.3 Å². The van der Waals surface area contributed by atoms with Gasteiger partial charge in [-0.2, -0.15) is 7.05 Å². The number of nitrogens with zero attached hydrogens (tertiary/aromatic N) is 1. The predicted molar refractivity (Wildman–Crippen MR) is 199 cm³/mol. The van der Waals surface area contributed by atoms with Crippen molar-refractivity contribution >= 4 is 12.4 Å². The van der Waals surface area contributed by atoms with Crippen LogP contribution in [0.1, 0.15) is 117 Å². The molecule has 3 heteroatoms. The number of fused-ring (bicyclic) bond motifs is 3. The summed E-state index contributed by atoms with van der Waals surface area (Å²) in [5, 5.41) is 14.8. The molecule has 0 N–H and O–H groups in total. The monoisotopic (exact) mass is 661 g/mol. The summed E-state index contributed by atoms with van der Waals surface area (Å²) in [5.41, 5.74) is 5.72. The van der Waals surface area contributed by atoms with Crippen molar-refractivity contribution in [2.75, 3.05) is 0 Å². The number of allylic oxidation sites excluding steroid dienone is 8. The first-order valence-electron chi connectivity index (χ1n) is 17.0. The average Bonchev–Trinajstić information content (AvgIpc) is 3.30. The summed E-state index contributed by atoms with van der Waals surface area (Å²) >= 11 is 0. The van der Waals surface area contributed by atoms with Crippen LogP contribution in [0.4, 0.5) is 0 Å². The van der Waals surface area contributed by atoms with Crippen molar-refractivity contribution in [3.8, 4) is 0 Å². The Hall–Kier alpha value is -0.876. The van der Waals surface area contributed by atoms with Crippen LogP contribution in [0.5, 0.6) is 0 Å². The fourth-order valence-corrected chi connectivity index (χ4v) is 13.9. The molecule has 0 amide bonds. The topological polar surface area (TPSA) is 22.3 Å². The minimum absolute atomic E-state index is 0. The normalized spacial score (nSPS) is 28.6. The van der Waals surface area contributed by atoms with Gasteiger partial charge >= 0.3 is 21.7 Å². The third kappa shape index (κ3) is 7.57. The third-order valence-corrected chi connectivity index (χ3v) is 16.0. The first kappa shape index (κ1) is 40.3. The molecule has 4 unspecified atom stereocenters. The van der Waals surface area contributed by atoms with E-state index in [1.54, 1.807) is 0 Å². The van der Waals surface area contributed by atoms with Gasteiger partial charge in [-0.25, -0.2) is 0 Å². The van der Waals surface area contributed by atoms with E-state index >= 15 is 0 Å². The molecule has 6 rings (SSSR count). The minimum Gasteiger partial charge on any atom is -0.804 e. The smallest absolute Gasteiger partial charge is 0.804 e. The predicted octanol–water partition coefficient (Wildman–Crippen LogP) is 12.7. The molecule has 0 bridgehead atoms. The SMILES string of the molecule is CC(C)(C)C1=CC2C(C=C1)C1C=CC(C(C)(C)C)=CC1C2c1ccccc1P(=[N-])(C1CCCCC1)C1CCCCC1.[CH3-].[CH3-].[CH3-].[Ti+4]. The third-order valence-electron chi connectivity index (χ3n) is 11.6. The second-order valence-electron chi connectivity index (χ2n) is 16.2. The first-order chi connectivity index (χ1) is 19.5. The average molecular weight is 662 g/mol. The summed E-state index contributed by atoms with van der Waals surface area (Å²) in [5.74, 6) is 2.39. The van der Waals surface area contributed by atoms with Gasteiger partial charge in [-0.3, -0.25) is 0 Å². The van der Waals surface area contributed by atoms with Crippen molar-refractivity contribution in [1.29, 1.82) is 0 Å². The van der Waals surface area contributed by atoms with Gasteiger partial charge in [0.2, 0.25) is 0 Å². The molecule has 1 aromatic carbocycles. The van der Waals surface area contributed by atoms with Gasteiger partial charge in [0.25, 0.3) is 0 Å². The van der Waals surface area contributed by atoms with E-state index in [4.69, 9.17) is 0 Å². The molecule has 5 aliphatic rings. The molecule has 0 aromatic heterocycles. The van der Waals surface area contributed by atoms with E-state index < -0.39 is 7.05 Å². The fraction of sp³-hybridized carbons (Fsp3) is 0.595. The summed E-state index contributed by atoms with van der Waals surface area (Å²) in [7, 11) is -2.33. The van der Waals surface area contributed by atoms with Gasteiger partial charge in [0, 0.05) is 0 Å². The summed E-state index contributed by atoms with van der Waals surface area (Å²) in [6, 6.07) is 9.41. The molecular formula is C42H64NPTi. The number of hydrogen-bond donors (Lipinski definition) is 0. The molecule has 0 radical (unpaired) electrons. The van der Waals surface area contributed by atoms with Crippen molar-refractivity contribution < 1.29 is 21.7 Å². The molecule has 0 spiro atoms. The van der Waals surface area contributed by atoms with Gasteiger partial charge in [0.05, 0.1) is 0 Å². The van der Waals surface area contributed by atoms with Crippen molar-refractivity contribution in [2.24, 2.45) is 34.5 Å². The summed E-state index contributed by atoms with van der Waals surface area (Å²) < 4.78 is 0. The summed E-state index contributed by atoms with van der Waals surface area (Å²) in [6.07, 6.45) is 28.1. The quantitative estimate of drug-likeness (QED) is 0.174. The van der Waals surface area contributed by atoms with Crippen LogP contribution in [0.2, 0.25) is 0 Å². The van der Waals surface area contributed by atoms with Crippen LogP contribution in [-0.2, 0) is 21.7 Å². The molecule has 0 saturated heterocycles. The molecule has 45 heavy (non-hydrogen) atoms. The second-order valence-corrected chi connectivity index (χ2v) is 19.6. The Bertz CT molecular complexity index is 1210. The van der Waals surface area contributed by atoms with Crippen LogP contribution < -0.4 is 5.30 Å². The first-order valence-corrected chi connectivity index (χ1v) is 18.9. The number of benzene rings is 1. The zero-order valence-corrected chi connectivity index (χ0v) is 32.7. The maximum absolute atomic E-state index is 13.4. The minimum atomic E-state index is -2.33. The van der Waals surface area contributed by atoms with Crippen LogP contribution in [0.25, 0.3) is 5.16 Å². The standard InChI is InChI=1S/C39H55NP.3CH3.Ti/c1-38(2,3)27-21-23-31-32-24-22-28(39(4,5)6)26-35(32)37(34(31)25-27)33-19-13-14-20-36(33)41(40,29-15-9-7-10-16-29)30-17-11-8-12-18-30;;;;/h13-14,19-26,29-32,34-35,37H,7-12,15-18H2,1-6H3;3*1H3;/q4*-1;+4. The van der Waals surface area contributed by atoms with E-state index in [-0.39, 0.29) is 54.8 Å². The Morgan fingerprint density at radius 3 is 1.40 bits per heavy atom. The summed E-state index contributed by atoms with van der Waals surface area (Å²) in [4.78, 5) is 0. The molecule has 4 atom stereocenters. The second kappa shape index (κ2) is 15.6. The summed E-state index contributed by atoms with van der Waals surface area (Å²) in [6.45, 7) is 14.2. The largest absolute Gasteiger partial charge is 4.00 e. The van der Waals surface area contributed by atoms with Gasteiger partial charge in [0.1, 0.15) is 0 Å². The van der Waals surface area contributed by atoms with E-state index in [1.807, 2.05) is 0 Å². The fourth-order valence-electron chi connectivity index (χ4n) is 9.30. The van der Waals surface area contributed by atoms with E-state index in [0.29, 0.717) is 40.9 Å². The Kier molecular flexibility index (Phi) is 13.9. The van der Waals surface area contributed by atoms with Gasteiger partial charge in [0.15, 0.2) is 0 Å². The Morgan fingerprint density at radius 1 is 0.600 bits per heavy atom. The Labute approximate surface area is 295 Å². The molecule has 1 aromatic rings. The van der Waals surface area contributed by atoms with E-state index in [0.717, 1.165) is 0 Å². The molecule has 0 heterocycles. The van der Waals surface area contributed by atoms with Gasteiger partial charge in [-0.05, 0) is 99.4 Å². The van der Waals surface area contributed by atoms with Crippen LogP contribution >= 0.6 is 7.05 Å². The molecular weight excluding hydrogens is 597 g/mol. The Balaban J connectivity index is 0.00000176. The van der Waals surface area contributed by atoms with E-state index in [2.05, 4.69) is 102 Å².